The number of ether oxygens (including phenoxy) is 1. The van der Waals surface area contributed by atoms with Gasteiger partial charge in [-0.05, 0) is 11.4 Å². The summed E-state index contributed by atoms with van der Waals surface area (Å²) in [5.74, 6) is -0.816. The van der Waals surface area contributed by atoms with Crippen LogP contribution in [0.5, 0.6) is 0 Å². The van der Waals surface area contributed by atoms with E-state index < -0.39 is 23.2 Å². The first kappa shape index (κ1) is 18.6. The molecule has 9 nitrogen and oxygen atoms in total. The highest BCUT2D eigenvalue weighted by Gasteiger charge is 2.52. The van der Waals surface area contributed by atoms with E-state index in [4.69, 9.17) is 10.3 Å². The molecule has 1 aromatic carbocycles. The Morgan fingerprint density at radius 3 is 2.63 bits per heavy atom. The highest BCUT2D eigenvalue weighted by atomic mass is 16.5. The van der Waals surface area contributed by atoms with Crippen LogP contribution in [0.2, 0.25) is 0 Å². The number of rotatable bonds is 5. The maximum Gasteiger partial charge on any atom is 0.330 e. The number of aromatic amines is 1. The molecule has 3 rings (SSSR count). The largest absolute Gasteiger partial charge is 0.344 e. The molecule has 0 amide bonds. The van der Waals surface area contributed by atoms with Crippen LogP contribution >= 0.6 is 0 Å². The molecule has 4 unspecified atom stereocenters. The Morgan fingerprint density at radius 2 is 2.00 bits per heavy atom. The number of Topliss-reactive ketones (excluding diaryl/α,β-unsaturated/α-hetero) is 1. The van der Waals surface area contributed by atoms with E-state index in [0.29, 0.717) is 5.56 Å². The van der Waals surface area contributed by atoms with Crippen molar-refractivity contribution in [3.8, 4) is 0 Å². The summed E-state index contributed by atoms with van der Waals surface area (Å²) in [5.41, 5.74) is 6.99. The first-order chi connectivity index (χ1) is 12.9. The third-order valence-corrected chi connectivity index (χ3v) is 5.12. The molecule has 0 saturated carbocycles. The number of hydrogen-bond acceptors (Lipinski definition) is 5. The molecule has 2 aromatic rings. The number of ketones is 1. The van der Waals surface area contributed by atoms with Crippen molar-refractivity contribution in [1.29, 1.82) is 0 Å². The molecule has 2 heterocycles. The van der Waals surface area contributed by atoms with Gasteiger partial charge in [0.1, 0.15) is 6.23 Å². The normalized spacial score (nSPS) is 27.1. The summed E-state index contributed by atoms with van der Waals surface area (Å²) in [4.78, 5) is 41.2. The van der Waals surface area contributed by atoms with E-state index in [1.54, 1.807) is 30.3 Å². The Kier molecular flexibility index (Phi) is 4.98. The first-order valence-electron chi connectivity index (χ1n) is 8.52. The fourth-order valence-electron chi connectivity index (χ4n) is 3.40. The Morgan fingerprint density at radius 1 is 1.30 bits per heavy atom. The molecule has 27 heavy (non-hydrogen) atoms. The zero-order valence-electron chi connectivity index (χ0n) is 14.9. The van der Waals surface area contributed by atoms with Gasteiger partial charge >= 0.3 is 5.69 Å². The zero-order chi connectivity index (χ0) is 19.6. The summed E-state index contributed by atoms with van der Waals surface area (Å²) in [6.45, 7) is 3.66. The van der Waals surface area contributed by atoms with Crippen LogP contribution in [0, 0.1) is 11.8 Å². The molecular formula is C18H19N5O4. The van der Waals surface area contributed by atoms with Gasteiger partial charge in [-0.25, -0.2) is 4.79 Å². The van der Waals surface area contributed by atoms with Gasteiger partial charge in [0.15, 0.2) is 11.5 Å². The van der Waals surface area contributed by atoms with Crippen LogP contribution in [0.1, 0.15) is 36.9 Å². The van der Waals surface area contributed by atoms with Crippen molar-refractivity contribution in [2.45, 2.75) is 32.2 Å². The minimum Gasteiger partial charge on any atom is -0.344 e. The summed E-state index contributed by atoms with van der Waals surface area (Å²) in [6, 6.07) is 9.87. The number of benzene rings is 1. The molecule has 140 valence electrons. The van der Waals surface area contributed by atoms with Crippen molar-refractivity contribution in [3.05, 3.63) is 79.4 Å². The third kappa shape index (κ3) is 3.42. The van der Waals surface area contributed by atoms with E-state index in [2.05, 4.69) is 15.0 Å². The van der Waals surface area contributed by atoms with Crippen molar-refractivity contribution in [3.63, 3.8) is 0 Å². The molecule has 1 aromatic heterocycles. The number of nitrogens with zero attached hydrogens (tertiary/aromatic N) is 4. The predicted octanol–water partition coefficient (Wildman–Crippen LogP) is 2.62. The van der Waals surface area contributed by atoms with Crippen LogP contribution in [0.4, 0.5) is 0 Å². The number of H-pyrrole nitrogens is 1. The summed E-state index contributed by atoms with van der Waals surface area (Å²) >= 11 is 0. The van der Waals surface area contributed by atoms with Gasteiger partial charge in [0, 0.05) is 35.1 Å². The molecule has 0 aliphatic carbocycles. The Hall–Kier alpha value is -3.16. The second-order valence-electron chi connectivity index (χ2n) is 6.67. The Balaban J connectivity index is 1.98. The number of carbonyl (C=O) groups is 1. The van der Waals surface area contributed by atoms with Crippen molar-refractivity contribution >= 4 is 5.78 Å². The second kappa shape index (κ2) is 7.22. The Bertz CT molecular complexity index is 1010. The van der Waals surface area contributed by atoms with Crippen molar-refractivity contribution in [1.82, 2.24) is 9.55 Å². The quantitative estimate of drug-likeness (QED) is 0.376. The van der Waals surface area contributed by atoms with Gasteiger partial charge in [0.05, 0.1) is 0 Å². The van der Waals surface area contributed by atoms with Crippen LogP contribution < -0.4 is 11.2 Å². The molecule has 9 heteroatoms. The van der Waals surface area contributed by atoms with Crippen LogP contribution in [-0.4, -0.2) is 21.1 Å². The number of aromatic nitrogens is 2. The standard InChI is InChI=1S/C18H19N5O4/c1-11-12(2)18(21-22-19,10-14(24)13-6-4-3-5-7-13)27-16(11)23-9-8-15(25)20-17(23)26/h3-9,11-12,16H,10H2,1-2H3,(H,20,25,26). The molecule has 0 spiro atoms. The molecule has 1 saturated heterocycles. The van der Waals surface area contributed by atoms with Crippen LogP contribution in [0.15, 0.2) is 57.3 Å². The minimum absolute atomic E-state index is 0.152. The lowest BCUT2D eigenvalue weighted by Crippen LogP contribution is -2.36. The fourth-order valence-corrected chi connectivity index (χ4v) is 3.40. The minimum atomic E-state index is -1.43. The zero-order valence-corrected chi connectivity index (χ0v) is 14.9. The van der Waals surface area contributed by atoms with E-state index in [1.165, 1.54) is 16.8 Å². The lowest BCUT2D eigenvalue weighted by atomic mass is 9.85. The van der Waals surface area contributed by atoms with Crippen molar-refractivity contribution < 1.29 is 9.53 Å². The summed E-state index contributed by atoms with van der Waals surface area (Å²) < 4.78 is 7.25. The van der Waals surface area contributed by atoms with E-state index in [-0.39, 0.29) is 24.0 Å². The van der Waals surface area contributed by atoms with Crippen LogP contribution in [-0.2, 0) is 4.74 Å². The van der Waals surface area contributed by atoms with Gasteiger partial charge < -0.3 is 4.74 Å². The highest BCUT2D eigenvalue weighted by Crippen LogP contribution is 2.48. The summed E-state index contributed by atoms with van der Waals surface area (Å²) in [5, 5.41) is 3.83. The molecule has 1 N–H and O–H groups in total. The molecule has 1 aliphatic heterocycles. The number of hydrogen-bond donors (Lipinski definition) is 1. The van der Waals surface area contributed by atoms with Gasteiger partial charge in [0.25, 0.3) is 5.56 Å². The average molecular weight is 369 g/mol. The van der Waals surface area contributed by atoms with Gasteiger partial charge in [-0.2, -0.15) is 0 Å². The second-order valence-corrected chi connectivity index (χ2v) is 6.67. The molecule has 1 aliphatic rings. The van der Waals surface area contributed by atoms with E-state index in [0.717, 1.165) is 0 Å². The highest BCUT2D eigenvalue weighted by molar-refractivity contribution is 5.96. The average Bonchev–Trinajstić information content (AvgIpc) is 2.88. The topological polar surface area (TPSA) is 130 Å². The molecule has 4 atom stereocenters. The first-order valence-corrected chi connectivity index (χ1v) is 8.52. The number of azide groups is 1. The van der Waals surface area contributed by atoms with Gasteiger partial charge in [0.2, 0.25) is 0 Å². The maximum absolute atomic E-state index is 12.7. The monoisotopic (exact) mass is 369 g/mol. The Labute approximate surface area is 154 Å². The van der Waals surface area contributed by atoms with Crippen molar-refractivity contribution in [2.75, 3.05) is 0 Å². The lowest BCUT2D eigenvalue weighted by molar-refractivity contribution is -0.0831. The lowest BCUT2D eigenvalue weighted by Gasteiger charge is -2.27. The van der Waals surface area contributed by atoms with E-state index >= 15 is 0 Å². The van der Waals surface area contributed by atoms with Crippen molar-refractivity contribution in [2.24, 2.45) is 17.0 Å². The van der Waals surface area contributed by atoms with E-state index in [9.17, 15) is 14.4 Å². The van der Waals surface area contributed by atoms with Gasteiger partial charge in [-0.3, -0.25) is 19.1 Å². The molecule has 1 fully saturated rings. The summed E-state index contributed by atoms with van der Waals surface area (Å²) in [6.07, 6.45) is 0.403. The third-order valence-electron chi connectivity index (χ3n) is 5.12. The van der Waals surface area contributed by atoms with Gasteiger partial charge in [-0.15, -0.1) is 0 Å². The van der Waals surface area contributed by atoms with Gasteiger partial charge in [-0.1, -0.05) is 49.3 Å². The molecule has 0 radical (unpaired) electrons. The number of carbonyl (C=O) groups excluding carboxylic acids is 1. The predicted molar refractivity (Wildman–Crippen MR) is 97.0 cm³/mol. The van der Waals surface area contributed by atoms with E-state index in [1.807, 2.05) is 13.8 Å². The molecular weight excluding hydrogens is 350 g/mol. The number of nitrogens with one attached hydrogen (secondary N) is 1. The summed E-state index contributed by atoms with van der Waals surface area (Å²) in [7, 11) is 0. The van der Waals surface area contributed by atoms with Crippen LogP contribution in [0.25, 0.3) is 10.4 Å². The molecule has 0 bridgehead atoms. The smallest absolute Gasteiger partial charge is 0.330 e. The fraction of sp³-hybridized carbons (Fsp3) is 0.389. The van der Waals surface area contributed by atoms with Crippen LogP contribution in [0.3, 0.4) is 0 Å². The maximum atomic E-state index is 12.7. The SMILES string of the molecule is CC1C(n2ccc(=O)[nH]c2=O)OC(CC(=O)c2ccccc2)(N=[N+]=[N-])C1C.